The monoisotopic (exact) mass is 167 g/mol. The van der Waals surface area contributed by atoms with Gasteiger partial charge in [-0.05, 0) is 12.3 Å². The molecule has 1 aliphatic carbocycles. The predicted octanol–water partition coefficient (Wildman–Crippen LogP) is 0.586. The van der Waals surface area contributed by atoms with Crippen LogP contribution in [0.5, 0.6) is 0 Å². The van der Waals surface area contributed by atoms with E-state index in [0.29, 0.717) is 18.5 Å². The molecule has 12 heavy (non-hydrogen) atoms. The number of hydrogen-bond acceptors (Lipinski definition) is 2. The Morgan fingerprint density at radius 2 is 2.25 bits per heavy atom. The second-order valence-electron chi connectivity index (χ2n) is 3.71. The zero-order valence-corrected chi connectivity index (χ0v) is 7.25. The molecule has 1 saturated heterocycles. The van der Waals surface area contributed by atoms with Crippen molar-refractivity contribution in [3.05, 3.63) is 0 Å². The molecule has 2 aliphatic rings. The normalized spacial score (nSPS) is 34.6. The summed E-state index contributed by atoms with van der Waals surface area (Å²) in [5.74, 6) is 0.794. The molecule has 0 spiro atoms. The summed E-state index contributed by atoms with van der Waals surface area (Å²) < 4.78 is 0. The number of nitrogens with zero attached hydrogens (tertiary/aromatic N) is 1. The third-order valence-electron chi connectivity index (χ3n) is 2.83. The average Bonchev–Trinajstić information content (AvgIpc) is 2.72. The molecule has 2 atom stereocenters. The minimum Gasteiger partial charge on any atom is -0.332 e. The van der Waals surface area contributed by atoms with Gasteiger partial charge in [0.2, 0.25) is 5.91 Å². The van der Waals surface area contributed by atoms with E-state index >= 15 is 0 Å². The van der Waals surface area contributed by atoms with Crippen LogP contribution in [-0.2, 0) is 9.59 Å². The molecule has 1 amide bonds. The van der Waals surface area contributed by atoms with Gasteiger partial charge >= 0.3 is 0 Å². The van der Waals surface area contributed by atoms with E-state index in [-0.39, 0.29) is 18.1 Å². The van der Waals surface area contributed by atoms with Crippen molar-refractivity contribution in [1.82, 2.24) is 4.90 Å². The molecule has 2 fully saturated rings. The van der Waals surface area contributed by atoms with E-state index in [1.165, 1.54) is 0 Å². The average molecular weight is 167 g/mol. The van der Waals surface area contributed by atoms with Gasteiger partial charge in [-0.2, -0.15) is 0 Å². The summed E-state index contributed by atoms with van der Waals surface area (Å²) in [6.07, 6.45) is 2.38. The fraction of sp³-hybridized carbons (Fsp3) is 0.778. The van der Waals surface area contributed by atoms with Gasteiger partial charge in [0.25, 0.3) is 0 Å². The third-order valence-corrected chi connectivity index (χ3v) is 2.83. The zero-order valence-electron chi connectivity index (χ0n) is 7.25. The molecule has 1 saturated carbocycles. The number of hydrogen-bond donors (Lipinski definition) is 0. The van der Waals surface area contributed by atoms with Crippen molar-refractivity contribution < 1.29 is 9.59 Å². The molecule has 0 radical (unpaired) electrons. The highest BCUT2D eigenvalue weighted by molar-refractivity contribution is 6.05. The third kappa shape index (κ3) is 1.13. The number of carbonyl (C=O) groups excluding carboxylic acids is 2. The lowest BCUT2D eigenvalue weighted by molar-refractivity contribution is -0.128. The largest absolute Gasteiger partial charge is 0.332 e. The van der Waals surface area contributed by atoms with Crippen LogP contribution in [0.1, 0.15) is 26.2 Å². The van der Waals surface area contributed by atoms with Crippen molar-refractivity contribution in [2.45, 2.75) is 32.2 Å². The van der Waals surface area contributed by atoms with Crippen molar-refractivity contribution in [1.29, 1.82) is 0 Å². The first-order valence-corrected chi connectivity index (χ1v) is 4.53. The molecule has 2 unspecified atom stereocenters. The Balaban J connectivity index is 1.98. The molecule has 2 rings (SSSR count). The first-order chi connectivity index (χ1) is 5.72. The highest BCUT2D eigenvalue weighted by Crippen LogP contribution is 2.39. The number of carbonyl (C=O) groups is 2. The van der Waals surface area contributed by atoms with Crippen LogP contribution in [0, 0.1) is 5.92 Å². The van der Waals surface area contributed by atoms with Crippen molar-refractivity contribution in [3.8, 4) is 0 Å². The van der Waals surface area contributed by atoms with Gasteiger partial charge < -0.3 is 4.90 Å². The number of Topliss-reactive ketones (excluding diaryl/α,β-unsaturated/α-hetero) is 1. The first-order valence-electron chi connectivity index (χ1n) is 4.53. The molecule has 66 valence electrons. The van der Waals surface area contributed by atoms with Crippen LogP contribution in [0.3, 0.4) is 0 Å². The van der Waals surface area contributed by atoms with Crippen LogP contribution in [0.15, 0.2) is 0 Å². The molecule has 0 bridgehead atoms. The van der Waals surface area contributed by atoms with Gasteiger partial charge in [-0.3, -0.25) is 9.59 Å². The van der Waals surface area contributed by atoms with Crippen molar-refractivity contribution in [2.24, 2.45) is 5.92 Å². The van der Waals surface area contributed by atoms with E-state index < -0.39 is 0 Å². The van der Waals surface area contributed by atoms with Crippen molar-refractivity contribution >= 4 is 11.7 Å². The maximum Gasteiger partial charge on any atom is 0.230 e. The summed E-state index contributed by atoms with van der Waals surface area (Å²) in [5, 5.41) is 0. The van der Waals surface area contributed by atoms with Gasteiger partial charge in [0.1, 0.15) is 0 Å². The van der Waals surface area contributed by atoms with Gasteiger partial charge in [-0.1, -0.05) is 13.3 Å². The van der Waals surface area contributed by atoms with Gasteiger partial charge in [0.15, 0.2) is 5.78 Å². The van der Waals surface area contributed by atoms with E-state index in [9.17, 15) is 9.59 Å². The van der Waals surface area contributed by atoms with Crippen LogP contribution in [0.2, 0.25) is 0 Å². The lowest BCUT2D eigenvalue weighted by Gasteiger charge is -2.13. The highest BCUT2D eigenvalue weighted by atomic mass is 16.2. The number of ketones is 1. The van der Waals surface area contributed by atoms with E-state index in [1.807, 2.05) is 0 Å². The van der Waals surface area contributed by atoms with Gasteiger partial charge in [-0.15, -0.1) is 0 Å². The Labute approximate surface area is 71.7 Å². The summed E-state index contributed by atoms with van der Waals surface area (Å²) in [5.41, 5.74) is 0. The molecule has 1 heterocycles. The van der Waals surface area contributed by atoms with E-state index in [4.69, 9.17) is 0 Å². The van der Waals surface area contributed by atoms with Gasteiger partial charge in [0.05, 0.1) is 13.0 Å². The maximum atomic E-state index is 11.2. The zero-order chi connectivity index (χ0) is 8.72. The van der Waals surface area contributed by atoms with Crippen LogP contribution in [0.4, 0.5) is 0 Å². The van der Waals surface area contributed by atoms with Crippen LogP contribution >= 0.6 is 0 Å². The summed E-state index contributed by atoms with van der Waals surface area (Å²) in [4.78, 5) is 23.9. The number of rotatable bonds is 2. The smallest absolute Gasteiger partial charge is 0.230 e. The molecule has 0 N–H and O–H groups in total. The Hall–Kier alpha value is -0.860. The number of amides is 1. The van der Waals surface area contributed by atoms with Gasteiger partial charge in [0, 0.05) is 6.04 Å². The van der Waals surface area contributed by atoms with E-state index in [1.54, 1.807) is 4.90 Å². The molecule has 0 aromatic heterocycles. The predicted molar refractivity (Wildman–Crippen MR) is 43.5 cm³/mol. The molecular weight excluding hydrogens is 154 g/mol. The first kappa shape index (κ1) is 7.77. The maximum absolute atomic E-state index is 11.2. The summed E-state index contributed by atoms with van der Waals surface area (Å²) in [7, 11) is 0. The van der Waals surface area contributed by atoms with Crippen LogP contribution in [0.25, 0.3) is 0 Å². The summed E-state index contributed by atoms with van der Waals surface area (Å²) >= 11 is 0. The molecule has 1 aliphatic heterocycles. The lowest BCUT2D eigenvalue weighted by atomic mass is 10.3. The Morgan fingerprint density at radius 1 is 1.50 bits per heavy atom. The van der Waals surface area contributed by atoms with Crippen molar-refractivity contribution in [2.75, 3.05) is 6.54 Å². The van der Waals surface area contributed by atoms with Crippen LogP contribution in [-0.4, -0.2) is 29.2 Å². The van der Waals surface area contributed by atoms with Gasteiger partial charge in [-0.25, -0.2) is 0 Å². The Bertz CT molecular complexity index is 237. The van der Waals surface area contributed by atoms with Crippen molar-refractivity contribution in [3.63, 3.8) is 0 Å². The minimum absolute atomic E-state index is 0.0425. The molecule has 3 nitrogen and oxygen atoms in total. The second-order valence-corrected chi connectivity index (χ2v) is 3.71. The second kappa shape index (κ2) is 2.57. The Morgan fingerprint density at radius 3 is 2.67 bits per heavy atom. The lowest BCUT2D eigenvalue weighted by Crippen LogP contribution is -2.28. The fourth-order valence-electron chi connectivity index (χ4n) is 1.96. The highest BCUT2D eigenvalue weighted by Gasteiger charge is 2.45. The van der Waals surface area contributed by atoms with E-state index in [0.717, 1.165) is 12.8 Å². The molecule has 3 heteroatoms. The topological polar surface area (TPSA) is 37.4 Å². The fourth-order valence-corrected chi connectivity index (χ4v) is 1.96. The SMILES string of the molecule is CCC1CC1N1CC(=O)CC1=O. The minimum atomic E-state index is 0.0425. The van der Waals surface area contributed by atoms with E-state index in [2.05, 4.69) is 6.92 Å². The standard InChI is InChI=1S/C9H13NO2/c1-2-6-3-8(6)10-5-7(11)4-9(10)12/h6,8H,2-5H2,1H3. The Kier molecular flexibility index (Phi) is 1.67. The molecule has 0 aromatic carbocycles. The molecule has 0 aromatic rings. The quantitative estimate of drug-likeness (QED) is 0.564. The van der Waals surface area contributed by atoms with Crippen LogP contribution < -0.4 is 0 Å². The summed E-state index contributed by atoms with van der Waals surface area (Å²) in [6.45, 7) is 2.51. The molecular formula is C9H13NO2. The summed E-state index contributed by atoms with van der Waals surface area (Å²) in [6, 6.07) is 0.397. The number of likely N-dealkylation sites (tertiary alicyclic amines) is 1.